The monoisotopic (exact) mass is 603 g/mol. The first-order chi connectivity index (χ1) is 19.3. The van der Waals surface area contributed by atoms with Crippen LogP contribution in [0.5, 0.6) is 11.5 Å². The summed E-state index contributed by atoms with van der Waals surface area (Å²) in [6.45, 7) is 1.98. The predicted octanol–water partition coefficient (Wildman–Crippen LogP) is 5.88. The second-order valence-electron chi connectivity index (χ2n) is 11.4. The van der Waals surface area contributed by atoms with Crippen LogP contribution >= 0.6 is 15.9 Å². The number of carbonyl (C=O) groups excluding carboxylic acids is 3. The fourth-order valence-corrected chi connectivity index (χ4v) is 8.24. The average Bonchev–Trinajstić information content (AvgIpc) is 2.90. The second kappa shape index (κ2) is 10.4. The summed E-state index contributed by atoms with van der Waals surface area (Å²) in [5.74, 6) is 1.68. The number of amides is 4. The lowest BCUT2D eigenvalue weighted by Crippen LogP contribution is -2.54. The Morgan fingerprint density at radius 2 is 1.70 bits per heavy atom. The normalized spacial score (nSPS) is 28.0. The number of imide groups is 2. The van der Waals surface area contributed by atoms with E-state index in [1.165, 1.54) is 50.2 Å². The molecule has 5 aliphatic rings. The van der Waals surface area contributed by atoms with Gasteiger partial charge in [-0.2, -0.15) is 5.26 Å². The number of nitrogens with zero attached hydrogens (tertiary/aromatic N) is 2. The molecule has 0 aromatic heterocycles. The topological polar surface area (TPSA) is 109 Å². The van der Waals surface area contributed by atoms with E-state index in [-0.39, 0.29) is 17.6 Å². The van der Waals surface area contributed by atoms with Crippen molar-refractivity contribution in [1.82, 2.24) is 5.32 Å². The molecule has 40 heavy (non-hydrogen) atoms. The van der Waals surface area contributed by atoms with Crippen molar-refractivity contribution in [1.29, 1.82) is 5.26 Å². The van der Waals surface area contributed by atoms with Gasteiger partial charge in [-0.15, -0.1) is 0 Å². The summed E-state index contributed by atoms with van der Waals surface area (Å²) in [5, 5.41) is 11.2. The van der Waals surface area contributed by atoms with Gasteiger partial charge in [0.1, 0.15) is 11.6 Å². The summed E-state index contributed by atoms with van der Waals surface area (Å²) >= 11 is 3.42. The van der Waals surface area contributed by atoms with E-state index in [9.17, 15) is 14.4 Å². The lowest BCUT2D eigenvalue weighted by molar-refractivity contribution is -0.122. The summed E-state index contributed by atoms with van der Waals surface area (Å²) in [5.41, 5.74) is 2.23. The van der Waals surface area contributed by atoms with Crippen LogP contribution in [0.2, 0.25) is 0 Å². The lowest BCUT2D eigenvalue weighted by atomic mass is 9.48. The molecule has 0 atom stereocenters. The second-order valence-corrected chi connectivity index (χ2v) is 12.3. The number of nitriles is 1. The lowest BCUT2D eigenvalue weighted by Gasteiger charge is -2.57. The highest BCUT2D eigenvalue weighted by atomic mass is 79.9. The molecule has 0 unspecified atom stereocenters. The molecule has 4 aliphatic carbocycles. The van der Waals surface area contributed by atoms with E-state index in [1.807, 2.05) is 25.1 Å². The Labute approximate surface area is 241 Å². The Kier molecular flexibility index (Phi) is 6.91. The number of halogens is 1. The largest absolute Gasteiger partial charge is 0.490 e. The van der Waals surface area contributed by atoms with Gasteiger partial charge in [0.2, 0.25) is 0 Å². The third-order valence-corrected chi connectivity index (χ3v) is 9.39. The van der Waals surface area contributed by atoms with Crippen molar-refractivity contribution in [3.8, 4) is 17.6 Å². The quantitative estimate of drug-likeness (QED) is 0.312. The highest BCUT2D eigenvalue weighted by Crippen LogP contribution is 2.60. The van der Waals surface area contributed by atoms with Gasteiger partial charge in [0, 0.05) is 0 Å². The summed E-state index contributed by atoms with van der Waals surface area (Å²) in [6.07, 6.45) is 9.18. The molecule has 4 bridgehead atoms. The molecular formula is C31H30BrN3O5. The molecule has 2 aromatic rings. The number of ether oxygens (including phenoxy) is 2. The molecule has 1 saturated heterocycles. The molecule has 1 N–H and O–H groups in total. The van der Waals surface area contributed by atoms with Crippen LogP contribution in [0.3, 0.4) is 0 Å². The first kappa shape index (κ1) is 26.6. The molecule has 4 amide bonds. The molecule has 0 radical (unpaired) electrons. The Morgan fingerprint density at radius 3 is 2.30 bits per heavy atom. The van der Waals surface area contributed by atoms with Crippen LogP contribution in [0.15, 0.2) is 46.4 Å². The van der Waals surface area contributed by atoms with Crippen molar-refractivity contribution in [2.45, 2.75) is 50.9 Å². The Morgan fingerprint density at radius 1 is 1.05 bits per heavy atom. The molecule has 2 aromatic carbocycles. The van der Waals surface area contributed by atoms with Crippen LogP contribution in [-0.4, -0.2) is 31.1 Å². The maximum absolute atomic E-state index is 13.5. The Balaban J connectivity index is 1.28. The maximum Gasteiger partial charge on any atom is 0.335 e. The van der Waals surface area contributed by atoms with Crippen molar-refractivity contribution in [2.75, 3.05) is 18.1 Å². The summed E-state index contributed by atoms with van der Waals surface area (Å²) < 4.78 is 11.6. The number of urea groups is 1. The molecule has 8 nitrogen and oxygen atoms in total. The van der Waals surface area contributed by atoms with Crippen LogP contribution in [0, 0.1) is 29.1 Å². The number of benzene rings is 2. The third kappa shape index (κ3) is 4.68. The highest BCUT2D eigenvalue weighted by molar-refractivity contribution is 9.10. The van der Waals surface area contributed by atoms with E-state index in [4.69, 9.17) is 14.7 Å². The first-order valence-electron chi connectivity index (χ1n) is 13.8. The molecule has 206 valence electrons. The van der Waals surface area contributed by atoms with Crippen LogP contribution in [-0.2, 0) is 15.0 Å². The fraction of sp³-hybridized carbons (Fsp3) is 0.419. The molecule has 5 fully saturated rings. The van der Waals surface area contributed by atoms with E-state index in [2.05, 4.69) is 33.4 Å². The number of hydrogen-bond acceptors (Lipinski definition) is 6. The van der Waals surface area contributed by atoms with Gasteiger partial charge in [-0.3, -0.25) is 14.9 Å². The molecular weight excluding hydrogens is 574 g/mol. The number of barbiturate groups is 1. The molecule has 0 spiro atoms. The van der Waals surface area contributed by atoms with Crippen LogP contribution in [0.25, 0.3) is 6.08 Å². The molecule has 9 heteroatoms. The minimum Gasteiger partial charge on any atom is -0.490 e. The van der Waals surface area contributed by atoms with Gasteiger partial charge in [-0.1, -0.05) is 12.1 Å². The number of rotatable bonds is 7. The first-order valence-corrected chi connectivity index (χ1v) is 14.6. The van der Waals surface area contributed by atoms with Crippen LogP contribution in [0.4, 0.5) is 10.5 Å². The standard InChI is InChI=1S/C31H30BrN3O5/c1-2-39-26-14-18(13-25(32)27(26)40-8-7-33)12-24-28(36)34-30(38)35(29(24)37)23-5-3-22(4-6-23)31-15-19-9-20(16-31)11-21(10-19)17-31/h3-6,12-14,19-21H,2,8-11,15-17H2,1H3,(H,34,36,38). The zero-order chi connectivity index (χ0) is 28.0. The Hall–Kier alpha value is -3.64. The van der Waals surface area contributed by atoms with Gasteiger partial charge in [0.15, 0.2) is 18.1 Å². The predicted molar refractivity (Wildman–Crippen MR) is 152 cm³/mol. The van der Waals surface area contributed by atoms with Gasteiger partial charge >= 0.3 is 6.03 Å². The number of hydrogen-bond donors (Lipinski definition) is 1. The van der Waals surface area contributed by atoms with E-state index < -0.39 is 17.8 Å². The van der Waals surface area contributed by atoms with Gasteiger partial charge in [0.25, 0.3) is 11.8 Å². The third-order valence-electron chi connectivity index (χ3n) is 8.80. The molecule has 4 saturated carbocycles. The van der Waals surface area contributed by atoms with Crippen molar-refractivity contribution in [2.24, 2.45) is 17.8 Å². The van der Waals surface area contributed by atoms with Crippen molar-refractivity contribution >= 4 is 45.5 Å². The fourth-order valence-electron chi connectivity index (χ4n) is 7.67. The Bertz CT molecular complexity index is 1420. The van der Waals surface area contributed by atoms with Gasteiger partial charge in [-0.05, 0) is 126 Å². The smallest absolute Gasteiger partial charge is 0.335 e. The zero-order valence-corrected chi connectivity index (χ0v) is 23.8. The van der Waals surface area contributed by atoms with Crippen LogP contribution < -0.4 is 19.7 Å². The zero-order valence-electron chi connectivity index (χ0n) is 22.2. The van der Waals surface area contributed by atoms with E-state index in [1.54, 1.807) is 12.1 Å². The average molecular weight is 605 g/mol. The highest BCUT2D eigenvalue weighted by Gasteiger charge is 2.51. The molecule has 7 rings (SSSR count). The van der Waals surface area contributed by atoms with Gasteiger partial charge < -0.3 is 9.47 Å². The van der Waals surface area contributed by atoms with Crippen molar-refractivity contribution in [3.05, 3.63) is 57.6 Å². The molecule has 1 heterocycles. The summed E-state index contributed by atoms with van der Waals surface area (Å²) in [4.78, 5) is 40.1. The van der Waals surface area contributed by atoms with Crippen LogP contribution in [0.1, 0.15) is 56.6 Å². The number of nitrogens with one attached hydrogen (secondary N) is 1. The van der Waals surface area contributed by atoms with Crippen molar-refractivity contribution in [3.63, 3.8) is 0 Å². The number of carbonyl (C=O) groups is 3. The van der Waals surface area contributed by atoms with Gasteiger partial charge in [0.05, 0.1) is 16.8 Å². The number of anilines is 1. The molecule has 1 aliphatic heterocycles. The minimum absolute atomic E-state index is 0.168. The van der Waals surface area contributed by atoms with Crippen molar-refractivity contribution < 1.29 is 23.9 Å². The maximum atomic E-state index is 13.5. The van der Waals surface area contributed by atoms with Gasteiger partial charge in [-0.25, -0.2) is 9.69 Å². The summed E-state index contributed by atoms with van der Waals surface area (Å²) in [7, 11) is 0. The van der Waals surface area contributed by atoms with E-state index >= 15 is 0 Å². The summed E-state index contributed by atoms with van der Waals surface area (Å²) in [6, 6.07) is 12.2. The van der Waals surface area contributed by atoms with E-state index in [0.717, 1.165) is 22.7 Å². The minimum atomic E-state index is -0.772. The SMILES string of the molecule is CCOc1cc(C=C2C(=O)NC(=O)N(c3ccc(C45CC6CC(CC(C6)C4)C5)cc3)C2=O)cc(Br)c1OCC#N. The van der Waals surface area contributed by atoms with E-state index in [0.29, 0.717) is 33.8 Å².